The molecule has 0 aliphatic carbocycles. The number of carbonyl (C=O) groups excluding carboxylic acids is 3. The number of hydrogen-bond donors (Lipinski definition) is 2. The second-order valence-electron chi connectivity index (χ2n) is 7.59. The van der Waals surface area contributed by atoms with Gasteiger partial charge >= 0.3 is 12.6 Å². The van der Waals surface area contributed by atoms with E-state index in [1.54, 1.807) is 12.1 Å². The Morgan fingerprint density at radius 3 is 2.26 bits per heavy atom. The maximum atomic E-state index is 12.4. The largest absolute Gasteiger partial charge is 0.454 e. The van der Waals surface area contributed by atoms with Gasteiger partial charge < -0.3 is 20.1 Å². The van der Waals surface area contributed by atoms with Gasteiger partial charge in [0, 0.05) is 5.56 Å². The molecule has 166 valence electrons. The van der Waals surface area contributed by atoms with Crippen molar-refractivity contribution in [2.24, 2.45) is 0 Å². The topological polar surface area (TPSA) is 93.7 Å². The Morgan fingerprint density at radius 1 is 1.00 bits per heavy atom. The smallest absolute Gasteiger partial charge is 0.387 e. The Labute approximate surface area is 178 Å². The summed E-state index contributed by atoms with van der Waals surface area (Å²) in [6, 6.07) is 12.6. The molecule has 0 atom stereocenters. The van der Waals surface area contributed by atoms with E-state index in [1.165, 1.54) is 24.3 Å². The molecule has 7 nitrogen and oxygen atoms in total. The molecule has 0 aromatic heterocycles. The van der Waals surface area contributed by atoms with Crippen LogP contribution < -0.4 is 15.4 Å². The van der Waals surface area contributed by atoms with E-state index < -0.39 is 37.5 Å². The molecule has 0 spiro atoms. The molecule has 9 heteroatoms. The van der Waals surface area contributed by atoms with E-state index >= 15 is 0 Å². The first-order chi connectivity index (χ1) is 14.6. The number of esters is 1. The normalized spacial score (nSPS) is 11.0. The number of carbonyl (C=O) groups is 3. The van der Waals surface area contributed by atoms with E-state index in [1.807, 2.05) is 12.1 Å². The maximum absolute atomic E-state index is 12.4. The molecule has 0 aliphatic heterocycles. The van der Waals surface area contributed by atoms with Crippen molar-refractivity contribution in [3.8, 4) is 5.75 Å². The number of para-hydroxylation sites is 2. The van der Waals surface area contributed by atoms with Crippen molar-refractivity contribution in [2.45, 2.75) is 32.8 Å². The molecule has 0 unspecified atom stereocenters. The van der Waals surface area contributed by atoms with Gasteiger partial charge in [-0.3, -0.25) is 14.4 Å². The first-order valence-corrected chi connectivity index (χ1v) is 9.44. The predicted molar refractivity (Wildman–Crippen MR) is 110 cm³/mol. The fraction of sp³-hybridized carbons (Fsp3) is 0.318. The SMILES string of the molecule is CC(C)(C)c1ccc(C(=O)NCC(=O)OCC(=O)Nc2ccccc2OC(F)F)cc1. The Morgan fingerprint density at radius 2 is 1.65 bits per heavy atom. The van der Waals surface area contributed by atoms with E-state index in [0.29, 0.717) is 5.56 Å². The van der Waals surface area contributed by atoms with E-state index in [4.69, 9.17) is 4.74 Å². The van der Waals surface area contributed by atoms with Crippen LogP contribution in [0.3, 0.4) is 0 Å². The third kappa shape index (κ3) is 7.69. The minimum absolute atomic E-state index is 0.0101. The number of hydrogen-bond acceptors (Lipinski definition) is 5. The van der Waals surface area contributed by atoms with Gasteiger partial charge in [-0.1, -0.05) is 45.0 Å². The number of ether oxygens (including phenoxy) is 2. The van der Waals surface area contributed by atoms with Crippen LogP contribution >= 0.6 is 0 Å². The summed E-state index contributed by atoms with van der Waals surface area (Å²) in [7, 11) is 0. The van der Waals surface area contributed by atoms with Crippen LogP contribution in [0.15, 0.2) is 48.5 Å². The van der Waals surface area contributed by atoms with Gasteiger partial charge in [-0.05, 0) is 35.2 Å². The molecule has 2 aromatic carbocycles. The molecule has 2 amide bonds. The second kappa shape index (κ2) is 10.5. The highest BCUT2D eigenvalue weighted by Crippen LogP contribution is 2.25. The first-order valence-electron chi connectivity index (χ1n) is 9.44. The number of halogens is 2. The van der Waals surface area contributed by atoms with E-state index in [0.717, 1.165) is 5.56 Å². The summed E-state index contributed by atoms with van der Waals surface area (Å²) in [6.07, 6.45) is 0. The maximum Gasteiger partial charge on any atom is 0.387 e. The highest BCUT2D eigenvalue weighted by atomic mass is 19.3. The van der Waals surface area contributed by atoms with Crippen LogP contribution in [0.1, 0.15) is 36.7 Å². The third-order valence-corrected chi connectivity index (χ3v) is 4.15. The van der Waals surface area contributed by atoms with Gasteiger partial charge in [0.05, 0.1) is 5.69 Å². The molecule has 0 radical (unpaired) electrons. The molecule has 0 saturated carbocycles. The van der Waals surface area contributed by atoms with Crippen molar-refractivity contribution in [3.05, 3.63) is 59.7 Å². The van der Waals surface area contributed by atoms with Crippen LogP contribution in [0.25, 0.3) is 0 Å². The lowest BCUT2D eigenvalue weighted by atomic mass is 9.87. The highest BCUT2D eigenvalue weighted by Gasteiger charge is 2.16. The van der Waals surface area contributed by atoms with Crippen molar-refractivity contribution < 1.29 is 32.6 Å². The average Bonchev–Trinajstić information content (AvgIpc) is 2.71. The van der Waals surface area contributed by atoms with Crippen molar-refractivity contribution in [2.75, 3.05) is 18.5 Å². The zero-order valence-corrected chi connectivity index (χ0v) is 17.4. The molecule has 2 rings (SSSR count). The summed E-state index contributed by atoms with van der Waals surface area (Å²) in [5.74, 6) is -2.25. The number of alkyl halides is 2. The highest BCUT2D eigenvalue weighted by molar-refractivity contribution is 5.97. The number of benzene rings is 2. The van der Waals surface area contributed by atoms with E-state index in [9.17, 15) is 23.2 Å². The zero-order valence-electron chi connectivity index (χ0n) is 17.4. The van der Waals surface area contributed by atoms with Crippen molar-refractivity contribution in [1.82, 2.24) is 5.32 Å². The second-order valence-corrected chi connectivity index (χ2v) is 7.59. The van der Waals surface area contributed by atoms with E-state index in [2.05, 4.69) is 36.1 Å². The van der Waals surface area contributed by atoms with Crippen LogP contribution in [0.2, 0.25) is 0 Å². The Bertz CT molecular complexity index is 924. The van der Waals surface area contributed by atoms with Gasteiger partial charge in [0.15, 0.2) is 6.61 Å². The van der Waals surface area contributed by atoms with Gasteiger partial charge in [0.1, 0.15) is 12.3 Å². The number of rotatable bonds is 8. The molecule has 0 saturated heterocycles. The van der Waals surface area contributed by atoms with Gasteiger partial charge in [-0.15, -0.1) is 0 Å². The molecule has 0 heterocycles. The zero-order chi connectivity index (χ0) is 23.0. The number of anilines is 1. The molecule has 2 aromatic rings. The van der Waals surface area contributed by atoms with E-state index in [-0.39, 0.29) is 16.9 Å². The van der Waals surface area contributed by atoms with Crippen molar-refractivity contribution in [3.63, 3.8) is 0 Å². The summed E-state index contributed by atoms with van der Waals surface area (Å²) >= 11 is 0. The van der Waals surface area contributed by atoms with Crippen LogP contribution in [0.4, 0.5) is 14.5 Å². The summed E-state index contributed by atoms with van der Waals surface area (Å²) in [5, 5.41) is 4.73. The minimum Gasteiger partial charge on any atom is -0.454 e. The summed E-state index contributed by atoms with van der Waals surface area (Å²) in [4.78, 5) is 35.8. The Balaban J connectivity index is 1.79. The molecule has 0 bridgehead atoms. The Kier molecular flexibility index (Phi) is 8.07. The molecular formula is C22H24F2N2O5. The average molecular weight is 434 g/mol. The van der Waals surface area contributed by atoms with Crippen molar-refractivity contribution >= 4 is 23.5 Å². The standard InChI is InChI=1S/C22H24F2N2O5/c1-22(2,3)15-10-8-14(9-11-15)20(29)25-12-19(28)30-13-18(27)26-16-6-4-5-7-17(16)31-21(23)24/h4-11,21H,12-13H2,1-3H3,(H,25,29)(H,26,27). The lowest BCUT2D eigenvalue weighted by molar-refractivity contribution is -0.146. The van der Waals surface area contributed by atoms with Gasteiger partial charge in [0.25, 0.3) is 11.8 Å². The monoisotopic (exact) mass is 434 g/mol. The summed E-state index contributed by atoms with van der Waals surface area (Å²) in [5.41, 5.74) is 1.41. The molecule has 31 heavy (non-hydrogen) atoms. The van der Waals surface area contributed by atoms with Gasteiger partial charge in [0.2, 0.25) is 0 Å². The van der Waals surface area contributed by atoms with Gasteiger partial charge in [-0.25, -0.2) is 0 Å². The number of nitrogens with one attached hydrogen (secondary N) is 2. The van der Waals surface area contributed by atoms with Crippen molar-refractivity contribution in [1.29, 1.82) is 0 Å². The van der Waals surface area contributed by atoms with Crippen LogP contribution in [0, 0.1) is 0 Å². The fourth-order valence-corrected chi connectivity index (χ4v) is 2.53. The minimum atomic E-state index is -3.05. The molecule has 0 fully saturated rings. The summed E-state index contributed by atoms with van der Waals surface area (Å²) in [6.45, 7) is 2.02. The van der Waals surface area contributed by atoms with Crippen LogP contribution in [-0.2, 0) is 19.7 Å². The lowest BCUT2D eigenvalue weighted by Gasteiger charge is -2.19. The molecular weight excluding hydrogens is 410 g/mol. The van der Waals surface area contributed by atoms with Gasteiger partial charge in [-0.2, -0.15) is 8.78 Å². The first kappa shape index (κ1) is 23.8. The predicted octanol–water partition coefficient (Wildman–Crippen LogP) is 3.50. The Hall–Kier alpha value is -3.49. The fourth-order valence-electron chi connectivity index (χ4n) is 2.53. The lowest BCUT2D eigenvalue weighted by Crippen LogP contribution is -2.32. The third-order valence-electron chi connectivity index (χ3n) is 4.15. The van der Waals surface area contributed by atoms with Crippen LogP contribution in [-0.4, -0.2) is 37.5 Å². The van der Waals surface area contributed by atoms with Crippen LogP contribution in [0.5, 0.6) is 5.75 Å². The number of amides is 2. The molecule has 2 N–H and O–H groups in total. The quantitative estimate of drug-likeness (QED) is 0.621. The summed E-state index contributed by atoms with van der Waals surface area (Å²) < 4.78 is 33.9. The molecule has 0 aliphatic rings.